The lowest BCUT2D eigenvalue weighted by Gasteiger charge is -2.15. The molecule has 60 valence electrons. The predicted molar refractivity (Wildman–Crippen MR) is 40.4 cm³/mol. The highest BCUT2D eigenvalue weighted by Crippen LogP contribution is 2.10. The molecular formula is C6H12O3S. The zero-order valence-corrected chi connectivity index (χ0v) is 7.20. The Morgan fingerprint density at radius 3 is 2.00 bits per heavy atom. The smallest absolute Gasteiger partial charge is 0.316 e. The van der Waals surface area contributed by atoms with Gasteiger partial charge < -0.3 is 5.11 Å². The van der Waals surface area contributed by atoms with E-state index in [0.29, 0.717) is 0 Å². The van der Waals surface area contributed by atoms with Gasteiger partial charge in [-0.25, -0.2) is 0 Å². The zero-order chi connectivity index (χ0) is 8.36. The predicted octanol–water partition coefficient (Wildman–Crippen LogP) is 0.618. The van der Waals surface area contributed by atoms with Crippen molar-refractivity contribution < 1.29 is 14.1 Å². The molecule has 0 rings (SSSR count). The van der Waals surface area contributed by atoms with Gasteiger partial charge >= 0.3 is 5.97 Å². The Labute approximate surface area is 62.9 Å². The highest BCUT2D eigenvalue weighted by molar-refractivity contribution is 7.87. The second-order valence-electron chi connectivity index (χ2n) is 3.00. The molecule has 1 N–H and O–H groups in total. The van der Waals surface area contributed by atoms with E-state index in [-0.39, 0.29) is 5.75 Å². The van der Waals surface area contributed by atoms with Crippen molar-refractivity contribution in [3.63, 3.8) is 0 Å². The minimum Gasteiger partial charge on any atom is -0.481 e. The van der Waals surface area contributed by atoms with Crippen molar-refractivity contribution in [3.05, 3.63) is 0 Å². The first kappa shape index (κ1) is 9.62. The first-order chi connectivity index (χ1) is 4.34. The van der Waals surface area contributed by atoms with Gasteiger partial charge in [0.25, 0.3) is 0 Å². The summed E-state index contributed by atoms with van der Waals surface area (Å²) in [5.74, 6) is -1.27. The van der Waals surface area contributed by atoms with Crippen molar-refractivity contribution in [1.82, 2.24) is 0 Å². The van der Waals surface area contributed by atoms with Crippen molar-refractivity contribution in [2.75, 3.05) is 5.75 Å². The topological polar surface area (TPSA) is 54.4 Å². The Bertz CT molecular complexity index is 157. The van der Waals surface area contributed by atoms with Crippen LogP contribution in [0, 0.1) is 0 Å². The maximum atomic E-state index is 11.0. The van der Waals surface area contributed by atoms with Gasteiger partial charge in [-0.1, -0.05) is 0 Å². The molecular weight excluding hydrogens is 152 g/mol. The van der Waals surface area contributed by atoms with Crippen LogP contribution in [0.25, 0.3) is 0 Å². The molecule has 0 saturated carbocycles. The number of hydrogen-bond acceptors (Lipinski definition) is 2. The first-order valence-electron chi connectivity index (χ1n) is 2.94. The molecule has 0 bridgehead atoms. The Morgan fingerprint density at radius 1 is 1.50 bits per heavy atom. The van der Waals surface area contributed by atoms with Crippen LogP contribution in [0.4, 0.5) is 0 Å². The lowest BCUT2D eigenvalue weighted by atomic mass is 10.3. The molecule has 0 aliphatic rings. The zero-order valence-electron chi connectivity index (χ0n) is 6.38. The number of carboxylic acid groups (broad SMARTS) is 1. The molecule has 0 saturated heterocycles. The molecule has 0 heterocycles. The van der Waals surface area contributed by atoms with E-state index in [1.807, 2.05) is 0 Å². The highest BCUT2D eigenvalue weighted by Gasteiger charge is 2.21. The quantitative estimate of drug-likeness (QED) is 0.651. The fourth-order valence-electron chi connectivity index (χ4n) is 0.329. The molecule has 3 nitrogen and oxygen atoms in total. The van der Waals surface area contributed by atoms with Gasteiger partial charge in [0, 0.05) is 15.5 Å². The summed E-state index contributed by atoms with van der Waals surface area (Å²) in [6.45, 7) is 5.27. The largest absolute Gasteiger partial charge is 0.481 e. The molecule has 0 aromatic rings. The van der Waals surface area contributed by atoms with Crippen LogP contribution in [0.3, 0.4) is 0 Å². The third-order valence-corrected chi connectivity index (χ3v) is 2.81. The van der Waals surface area contributed by atoms with Gasteiger partial charge in [0.1, 0.15) is 5.75 Å². The second-order valence-corrected chi connectivity index (χ2v) is 5.20. The van der Waals surface area contributed by atoms with Crippen molar-refractivity contribution in [2.24, 2.45) is 0 Å². The lowest BCUT2D eigenvalue weighted by molar-refractivity contribution is -0.134. The van der Waals surface area contributed by atoms with Gasteiger partial charge in [0.05, 0.1) is 0 Å². The van der Waals surface area contributed by atoms with E-state index >= 15 is 0 Å². The van der Waals surface area contributed by atoms with E-state index < -0.39 is 21.5 Å². The number of carbonyl (C=O) groups is 1. The monoisotopic (exact) mass is 164 g/mol. The van der Waals surface area contributed by atoms with Gasteiger partial charge in [-0.05, 0) is 20.8 Å². The normalized spacial score (nSPS) is 14.7. The molecule has 0 aliphatic carbocycles. The van der Waals surface area contributed by atoms with Crippen LogP contribution in [0.1, 0.15) is 20.8 Å². The Hall–Kier alpha value is -0.380. The van der Waals surface area contributed by atoms with Gasteiger partial charge in [0.15, 0.2) is 0 Å². The van der Waals surface area contributed by atoms with Crippen molar-refractivity contribution in [3.8, 4) is 0 Å². The molecule has 0 aromatic carbocycles. The van der Waals surface area contributed by atoms with Crippen LogP contribution >= 0.6 is 0 Å². The summed E-state index contributed by atoms with van der Waals surface area (Å²) >= 11 is 0. The number of carboxylic acids is 1. The second kappa shape index (κ2) is 3.14. The summed E-state index contributed by atoms with van der Waals surface area (Å²) in [6.07, 6.45) is 0. The molecule has 0 aliphatic heterocycles. The van der Waals surface area contributed by atoms with Crippen molar-refractivity contribution >= 4 is 16.8 Å². The van der Waals surface area contributed by atoms with Crippen molar-refractivity contribution in [1.29, 1.82) is 0 Å². The summed E-state index contributed by atoms with van der Waals surface area (Å²) in [4.78, 5) is 10.1. The maximum absolute atomic E-state index is 11.0. The molecule has 0 aromatic heterocycles. The molecule has 0 amide bonds. The Morgan fingerprint density at radius 2 is 1.90 bits per heavy atom. The lowest BCUT2D eigenvalue weighted by Crippen LogP contribution is -2.27. The fourth-order valence-corrected chi connectivity index (χ4v) is 0.986. The minimum atomic E-state index is -1.27. The summed E-state index contributed by atoms with van der Waals surface area (Å²) in [7, 11) is -1.27. The standard InChI is InChI=1S/C6H12O3S/c1-6(2,3)10(9)4-5(7)8/h4H2,1-3H3,(H,7,8). The van der Waals surface area contributed by atoms with E-state index in [1.165, 1.54) is 0 Å². The fraction of sp³-hybridized carbons (Fsp3) is 0.833. The summed E-state index contributed by atoms with van der Waals surface area (Å²) in [5.41, 5.74) is 0. The minimum absolute atomic E-state index is 0.260. The molecule has 0 fully saturated rings. The van der Waals surface area contributed by atoms with E-state index in [2.05, 4.69) is 0 Å². The third-order valence-electron chi connectivity index (χ3n) is 0.938. The van der Waals surface area contributed by atoms with Gasteiger partial charge in [-0.2, -0.15) is 0 Å². The highest BCUT2D eigenvalue weighted by atomic mass is 32.2. The van der Waals surface area contributed by atoms with Crippen LogP contribution in [0.5, 0.6) is 0 Å². The van der Waals surface area contributed by atoms with E-state index in [4.69, 9.17) is 5.11 Å². The Kier molecular flexibility index (Phi) is 3.02. The number of aliphatic carboxylic acids is 1. The van der Waals surface area contributed by atoms with Crippen LogP contribution in [-0.4, -0.2) is 25.8 Å². The van der Waals surface area contributed by atoms with Gasteiger partial charge in [0.2, 0.25) is 0 Å². The molecule has 1 unspecified atom stereocenters. The van der Waals surface area contributed by atoms with Gasteiger partial charge in [-0.15, -0.1) is 0 Å². The molecule has 4 heteroatoms. The van der Waals surface area contributed by atoms with E-state index in [9.17, 15) is 9.00 Å². The molecule has 10 heavy (non-hydrogen) atoms. The van der Waals surface area contributed by atoms with E-state index in [1.54, 1.807) is 20.8 Å². The SMILES string of the molecule is CC(C)(C)S(=O)CC(=O)O. The van der Waals surface area contributed by atoms with Crippen LogP contribution in [0.2, 0.25) is 0 Å². The van der Waals surface area contributed by atoms with E-state index in [0.717, 1.165) is 0 Å². The number of rotatable bonds is 2. The van der Waals surface area contributed by atoms with Crippen LogP contribution in [-0.2, 0) is 15.6 Å². The summed E-state index contributed by atoms with van der Waals surface area (Å²) < 4.78 is 10.6. The summed E-state index contributed by atoms with van der Waals surface area (Å²) in [5, 5.41) is 8.25. The van der Waals surface area contributed by atoms with Crippen LogP contribution < -0.4 is 0 Å². The third kappa shape index (κ3) is 3.61. The first-order valence-corrected chi connectivity index (χ1v) is 4.26. The average Bonchev–Trinajstić information content (AvgIpc) is 1.60. The average molecular weight is 164 g/mol. The van der Waals surface area contributed by atoms with Crippen LogP contribution in [0.15, 0.2) is 0 Å². The van der Waals surface area contributed by atoms with Crippen molar-refractivity contribution in [2.45, 2.75) is 25.5 Å². The molecule has 0 radical (unpaired) electrons. The summed E-state index contributed by atoms with van der Waals surface area (Å²) in [6, 6.07) is 0. The maximum Gasteiger partial charge on any atom is 0.316 e. The Balaban J connectivity index is 3.99. The molecule has 1 atom stereocenters. The molecule has 0 spiro atoms. The number of hydrogen-bond donors (Lipinski definition) is 1. The van der Waals surface area contributed by atoms with Gasteiger partial charge in [-0.3, -0.25) is 9.00 Å².